The number of benzene rings is 1. The number of aliphatic hydroxyl groups is 1. The summed E-state index contributed by atoms with van der Waals surface area (Å²) < 4.78 is 13.3. The van der Waals surface area contributed by atoms with Gasteiger partial charge in [-0.2, -0.15) is 4.98 Å². The summed E-state index contributed by atoms with van der Waals surface area (Å²) in [6, 6.07) is 7.99. The smallest absolute Gasteiger partial charge is 0.225 e. The Bertz CT molecular complexity index is 1030. The van der Waals surface area contributed by atoms with E-state index in [0.717, 1.165) is 73.3 Å². The van der Waals surface area contributed by atoms with Crippen molar-refractivity contribution >= 4 is 17.1 Å². The Hall–Kier alpha value is -2.71. The molecular formula is C23H29N5O3. The Morgan fingerprint density at radius 1 is 1.10 bits per heavy atom. The van der Waals surface area contributed by atoms with Crippen LogP contribution in [0.15, 0.2) is 30.6 Å². The number of aliphatic hydroxyl groups excluding tert-OH is 1. The Morgan fingerprint density at radius 2 is 1.97 bits per heavy atom. The molecule has 5 rings (SSSR count). The first-order valence-corrected chi connectivity index (χ1v) is 11.2. The molecule has 0 amide bonds. The van der Waals surface area contributed by atoms with Crippen LogP contribution in [0.1, 0.15) is 51.2 Å². The van der Waals surface area contributed by atoms with Gasteiger partial charge in [-0.3, -0.25) is 4.57 Å². The number of ether oxygens (including phenoxy) is 2. The fourth-order valence-electron chi connectivity index (χ4n) is 4.56. The molecular weight excluding hydrogens is 394 g/mol. The Morgan fingerprint density at radius 3 is 2.71 bits per heavy atom. The van der Waals surface area contributed by atoms with Crippen LogP contribution in [-0.2, 0) is 4.74 Å². The third-order valence-corrected chi connectivity index (χ3v) is 6.23. The monoisotopic (exact) mass is 423 g/mol. The van der Waals surface area contributed by atoms with Gasteiger partial charge < -0.3 is 19.9 Å². The molecule has 0 bridgehead atoms. The molecule has 0 spiro atoms. The van der Waals surface area contributed by atoms with Crippen LogP contribution in [0.3, 0.4) is 0 Å². The van der Waals surface area contributed by atoms with Crippen LogP contribution >= 0.6 is 0 Å². The van der Waals surface area contributed by atoms with E-state index in [1.54, 1.807) is 7.11 Å². The summed E-state index contributed by atoms with van der Waals surface area (Å²) in [6.07, 6.45) is 8.24. The molecule has 2 N–H and O–H groups in total. The van der Waals surface area contributed by atoms with Gasteiger partial charge in [0.25, 0.3) is 0 Å². The fourth-order valence-corrected chi connectivity index (χ4v) is 4.56. The summed E-state index contributed by atoms with van der Waals surface area (Å²) in [5, 5.41) is 13.5. The number of nitrogens with zero attached hydrogens (tertiary/aromatic N) is 4. The van der Waals surface area contributed by atoms with E-state index in [0.29, 0.717) is 12.4 Å². The predicted molar refractivity (Wildman–Crippen MR) is 118 cm³/mol. The highest BCUT2D eigenvalue weighted by atomic mass is 16.5. The summed E-state index contributed by atoms with van der Waals surface area (Å²) in [4.78, 5) is 14.4. The first-order valence-electron chi connectivity index (χ1n) is 11.2. The zero-order valence-electron chi connectivity index (χ0n) is 17.8. The zero-order chi connectivity index (χ0) is 21.2. The molecule has 3 unspecified atom stereocenters. The molecule has 2 aliphatic rings. The number of hydrogen-bond donors (Lipinski definition) is 2. The van der Waals surface area contributed by atoms with Crippen LogP contribution < -0.4 is 10.1 Å². The number of imidazole rings is 1. The SMILES string of the molecule is COc1ccc(-c2nc(NC3CCCC(O)C3)nc3c2ncn3C2CCCCO2)cc1. The van der Waals surface area contributed by atoms with Crippen LogP contribution in [0.4, 0.5) is 5.95 Å². The number of anilines is 1. The van der Waals surface area contributed by atoms with Crippen molar-refractivity contribution in [3.63, 3.8) is 0 Å². The maximum absolute atomic E-state index is 10.1. The van der Waals surface area contributed by atoms with Crippen molar-refractivity contribution in [2.24, 2.45) is 0 Å². The number of aromatic nitrogens is 4. The van der Waals surface area contributed by atoms with Crippen LogP contribution in [0.5, 0.6) is 5.75 Å². The second-order valence-electron chi connectivity index (χ2n) is 8.43. The maximum atomic E-state index is 10.1. The third-order valence-electron chi connectivity index (χ3n) is 6.23. The molecule has 1 aromatic carbocycles. The van der Waals surface area contributed by atoms with Gasteiger partial charge in [0, 0.05) is 18.2 Å². The van der Waals surface area contributed by atoms with Gasteiger partial charge in [0.2, 0.25) is 5.95 Å². The average molecular weight is 424 g/mol. The van der Waals surface area contributed by atoms with Crippen LogP contribution in [0, 0.1) is 0 Å². The molecule has 2 fully saturated rings. The number of fused-ring (bicyclic) bond motifs is 1. The van der Waals surface area contributed by atoms with E-state index >= 15 is 0 Å². The van der Waals surface area contributed by atoms with E-state index in [1.807, 2.05) is 35.2 Å². The maximum Gasteiger partial charge on any atom is 0.225 e. The first kappa shape index (κ1) is 20.2. The lowest BCUT2D eigenvalue weighted by atomic mass is 9.93. The van der Waals surface area contributed by atoms with Crippen molar-refractivity contribution in [2.45, 2.75) is 63.3 Å². The van der Waals surface area contributed by atoms with Gasteiger partial charge in [0.05, 0.1) is 19.5 Å². The Labute approximate surface area is 181 Å². The van der Waals surface area contributed by atoms with Gasteiger partial charge in [0.1, 0.15) is 23.2 Å². The highest BCUT2D eigenvalue weighted by Crippen LogP contribution is 2.32. The lowest BCUT2D eigenvalue weighted by molar-refractivity contribution is -0.0298. The first-order chi connectivity index (χ1) is 15.2. The third kappa shape index (κ3) is 4.22. The van der Waals surface area contributed by atoms with Crippen molar-refractivity contribution in [3.8, 4) is 17.0 Å². The summed E-state index contributed by atoms with van der Waals surface area (Å²) in [5.74, 6) is 1.36. The van der Waals surface area contributed by atoms with Crippen LogP contribution in [0.2, 0.25) is 0 Å². The van der Waals surface area contributed by atoms with Gasteiger partial charge in [0.15, 0.2) is 5.65 Å². The predicted octanol–water partition coefficient (Wildman–Crippen LogP) is 3.92. The molecule has 164 valence electrons. The van der Waals surface area contributed by atoms with Gasteiger partial charge in [-0.15, -0.1) is 0 Å². The Kier molecular flexibility index (Phi) is 5.74. The molecule has 2 aromatic heterocycles. The van der Waals surface area contributed by atoms with Crippen LogP contribution in [0.25, 0.3) is 22.4 Å². The van der Waals surface area contributed by atoms with Gasteiger partial charge in [-0.05, 0) is 69.2 Å². The van der Waals surface area contributed by atoms with E-state index in [-0.39, 0.29) is 18.4 Å². The summed E-state index contributed by atoms with van der Waals surface area (Å²) in [7, 11) is 1.66. The second-order valence-corrected chi connectivity index (χ2v) is 8.43. The molecule has 8 nitrogen and oxygen atoms in total. The largest absolute Gasteiger partial charge is 0.497 e. The lowest BCUT2D eigenvalue weighted by Gasteiger charge is -2.27. The van der Waals surface area contributed by atoms with E-state index in [9.17, 15) is 5.11 Å². The number of methoxy groups -OCH3 is 1. The molecule has 1 aliphatic heterocycles. The minimum Gasteiger partial charge on any atom is -0.497 e. The molecule has 1 saturated heterocycles. The second kappa shape index (κ2) is 8.80. The molecule has 3 heterocycles. The minimum atomic E-state index is -0.266. The lowest BCUT2D eigenvalue weighted by Crippen LogP contribution is -2.30. The summed E-state index contributed by atoms with van der Waals surface area (Å²) in [5.41, 5.74) is 3.26. The van der Waals surface area contributed by atoms with Crippen molar-refractivity contribution in [1.29, 1.82) is 0 Å². The van der Waals surface area contributed by atoms with Gasteiger partial charge in [-0.25, -0.2) is 9.97 Å². The highest BCUT2D eigenvalue weighted by Gasteiger charge is 2.24. The molecule has 1 saturated carbocycles. The summed E-state index contributed by atoms with van der Waals surface area (Å²) >= 11 is 0. The molecule has 3 atom stereocenters. The molecule has 31 heavy (non-hydrogen) atoms. The van der Waals surface area contributed by atoms with Crippen molar-refractivity contribution in [2.75, 3.05) is 19.0 Å². The number of hydrogen-bond acceptors (Lipinski definition) is 7. The van der Waals surface area contributed by atoms with E-state index < -0.39 is 0 Å². The molecule has 8 heteroatoms. The fraction of sp³-hybridized carbons (Fsp3) is 0.522. The van der Waals surface area contributed by atoms with Crippen molar-refractivity contribution in [3.05, 3.63) is 30.6 Å². The van der Waals surface area contributed by atoms with Crippen LogP contribution in [-0.4, -0.2) is 50.5 Å². The molecule has 3 aromatic rings. The molecule has 0 radical (unpaired) electrons. The quantitative estimate of drug-likeness (QED) is 0.642. The summed E-state index contributed by atoms with van der Waals surface area (Å²) in [6.45, 7) is 0.756. The van der Waals surface area contributed by atoms with Crippen molar-refractivity contribution in [1.82, 2.24) is 19.5 Å². The molecule has 1 aliphatic carbocycles. The number of rotatable bonds is 5. The van der Waals surface area contributed by atoms with E-state index in [2.05, 4.69) is 10.3 Å². The average Bonchev–Trinajstić information content (AvgIpc) is 3.23. The van der Waals surface area contributed by atoms with E-state index in [1.165, 1.54) is 0 Å². The van der Waals surface area contributed by atoms with Gasteiger partial charge in [-0.1, -0.05) is 0 Å². The highest BCUT2D eigenvalue weighted by molar-refractivity contribution is 5.88. The normalized spacial score (nSPS) is 24.3. The zero-order valence-corrected chi connectivity index (χ0v) is 17.8. The van der Waals surface area contributed by atoms with E-state index in [4.69, 9.17) is 19.4 Å². The Balaban J connectivity index is 1.56. The van der Waals surface area contributed by atoms with Gasteiger partial charge >= 0.3 is 0 Å². The number of nitrogens with one attached hydrogen (secondary N) is 1. The standard InChI is InChI=1S/C23H29N5O3/c1-30-18-10-8-15(9-11-18)20-21-22(28(14-24-21)19-7-2-3-12-31-19)27-23(26-20)25-16-5-4-6-17(29)13-16/h8-11,14,16-17,19,29H,2-7,12-13H2,1H3,(H,25,26,27). The van der Waals surface area contributed by atoms with Crippen molar-refractivity contribution < 1.29 is 14.6 Å². The minimum absolute atomic E-state index is 0.0540. The topological polar surface area (TPSA) is 94.3 Å².